The summed E-state index contributed by atoms with van der Waals surface area (Å²) in [6.45, 7) is 2.83. The second-order valence-electron chi connectivity index (χ2n) is 4.85. The third kappa shape index (κ3) is 8.69. The molecule has 0 saturated heterocycles. The zero-order valence-corrected chi connectivity index (χ0v) is 14.5. The fourth-order valence-corrected chi connectivity index (χ4v) is 3.64. The van der Waals surface area contributed by atoms with Gasteiger partial charge in [0.15, 0.2) is 0 Å². The largest absolute Gasteiger partial charge is 0.369 e. The molecular formula is C10H29N3O7P2. The molecule has 0 spiro atoms. The topological polar surface area (TPSA) is 213 Å². The Morgan fingerprint density at radius 2 is 1.41 bits per heavy atom. The van der Waals surface area contributed by atoms with Crippen LogP contribution < -0.4 is 17.2 Å². The molecule has 0 aromatic carbocycles. The van der Waals surface area contributed by atoms with Crippen molar-refractivity contribution in [3.05, 3.63) is 0 Å². The van der Waals surface area contributed by atoms with Crippen LogP contribution in [0.2, 0.25) is 0 Å². The lowest BCUT2D eigenvalue weighted by molar-refractivity contribution is 0.121. The van der Waals surface area contributed by atoms with Crippen LogP contribution in [0.25, 0.3) is 0 Å². The normalized spacial score (nSPS) is 14.2. The molecule has 0 aliphatic carbocycles. The molecule has 136 valence electrons. The minimum atomic E-state index is -5.30. The molecule has 11 N–H and O–H groups in total. The van der Waals surface area contributed by atoms with Gasteiger partial charge < -0.3 is 41.9 Å². The average molecular weight is 365 g/mol. The second kappa shape index (κ2) is 10.8. The van der Waals surface area contributed by atoms with Crippen LogP contribution in [-0.2, 0) is 9.13 Å². The van der Waals surface area contributed by atoms with Crippen LogP contribution in [0.5, 0.6) is 0 Å². The van der Waals surface area contributed by atoms with Gasteiger partial charge in [-0.05, 0) is 38.8 Å². The van der Waals surface area contributed by atoms with E-state index in [0.717, 1.165) is 25.8 Å². The minimum Gasteiger partial charge on any atom is -0.368 e. The van der Waals surface area contributed by atoms with Crippen molar-refractivity contribution < 1.29 is 33.8 Å². The van der Waals surface area contributed by atoms with Crippen LogP contribution in [0.4, 0.5) is 0 Å². The van der Waals surface area contributed by atoms with Crippen LogP contribution >= 0.6 is 15.2 Å². The van der Waals surface area contributed by atoms with Crippen molar-refractivity contribution in [3.8, 4) is 0 Å². The Balaban J connectivity index is 0. The summed E-state index contributed by atoms with van der Waals surface area (Å²) < 4.78 is 21.4. The molecule has 1 unspecified atom stereocenters. The van der Waals surface area contributed by atoms with Crippen LogP contribution in [0.1, 0.15) is 39.0 Å². The molecule has 0 amide bonds. The number of aliphatic hydroxyl groups is 1. The SMILES string of the molecule is CCC(N)CCCN.NCCCC(O)(P(=O)(O)O)P(=O)(O)O. The standard InChI is InChI=1S/C6H16N2.C4H13NO7P2/c1-2-6(8)4-3-5-7;5-3-1-2-4(6,13(7,8)9)14(10,11)12/h6H,2-5,7-8H2,1H3;6H,1-3,5H2,(H2,7,8,9)(H2,10,11,12). The summed E-state index contributed by atoms with van der Waals surface area (Å²) in [4.78, 5) is 34.5. The van der Waals surface area contributed by atoms with E-state index in [1.165, 1.54) is 0 Å². The smallest absolute Gasteiger partial charge is 0.368 e. The van der Waals surface area contributed by atoms with Gasteiger partial charge in [0.1, 0.15) is 0 Å². The Labute approximate surface area is 130 Å². The van der Waals surface area contributed by atoms with E-state index in [4.69, 9.17) is 36.8 Å². The molecule has 10 nitrogen and oxygen atoms in total. The highest BCUT2D eigenvalue weighted by atomic mass is 31.2. The minimum absolute atomic E-state index is 0.0394. The molecule has 0 radical (unpaired) electrons. The Morgan fingerprint density at radius 3 is 1.68 bits per heavy atom. The van der Waals surface area contributed by atoms with Crippen molar-refractivity contribution in [3.63, 3.8) is 0 Å². The molecule has 0 saturated carbocycles. The first-order chi connectivity index (χ1) is 9.87. The number of rotatable bonds is 9. The lowest BCUT2D eigenvalue weighted by Crippen LogP contribution is -2.29. The van der Waals surface area contributed by atoms with E-state index < -0.39 is 26.7 Å². The lowest BCUT2D eigenvalue weighted by Gasteiger charge is -2.28. The predicted octanol–water partition coefficient (Wildman–Crippen LogP) is -0.811. The quantitative estimate of drug-likeness (QED) is 0.238. The Morgan fingerprint density at radius 1 is 1.00 bits per heavy atom. The molecule has 22 heavy (non-hydrogen) atoms. The second-order valence-corrected chi connectivity index (χ2v) is 8.86. The Hall–Kier alpha value is 0.140. The first-order valence-electron chi connectivity index (χ1n) is 6.86. The molecule has 12 heteroatoms. The molecule has 0 bridgehead atoms. The van der Waals surface area contributed by atoms with Gasteiger partial charge in [-0.3, -0.25) is 9.13 Å². The van der Waals surface area contributed by atoms with E-state index in [1.54, 1.807) is 0 Å². The molecular weight excluding hydrogens is 336 g/mol. The molecule has 0 aliphatic rings. The van der Waals surface area contributed by atoms with Gasteiger partial charge in [0, 0.05) is 12.5 Å². The molecule has 0 fully saturated rings. The summed E-state index contributed by atoms with van der Waals surface area (Å²) >= 11 is 0. The zero-order chi connectivity index (χ0) is 18.0. The third-order valence-corrected chi connectivity index (χ3v) is 6.83. The first-order valence-corrected chi connectivity index (χ1v) is 10.1. The van der Waals surface area contributed by atoms with E-state index in [1.807, 2.05) is 0 Å². The van der Waals surface area contributed by atoms with E-state index in [-0.39, 0.29) is 13.0 Å². The number of hydrogen-bond acceptors (Lipinski definition) is 6. The van der Waals surface area contributed by atoms with Crippen molar-refractivity contribution >= 4 is 15.2 Å². The summed E-state index contributed by atoms with van der Waals surface area (Å²) in [6.07, 6.45) is 2.35. The Kier molecular flexibility index (Phi) is 12.0. The van der Waals surface area contributed by atoms with Crippen molar-refractivity contribution in [2.24, 2.45) is 17.2 Å². The van der Waals surface area contributed by atoms with Gasteiger partial charge in [-0.15, -0.1) is 0 Å². The van der Waals surface area contributed by atoms with Crippen molar-refractivity contribution in [1.82, 2.24) is 0 Å². The Bertz CT molecular complexity index is 363. The van der Waals surface area contributed by atoms with E-state index in [0.29, 0.717) is 6.04 Å². The van der Waals surface area contributed by atoms with E-state index in [9.17, 15) is 14.2 Å². The van der Waals surface area contributed by atoms with Gasteiger partial charge in [0.25, 0.3) is 5.08 Å². The first kappa shape index (κ1) is 24.4. The van der Waals surface area contributed by atoms with Crippen LogP contribution in [-0.4, -0.2) is 48.9 Å². The van der Waals surface area contributed by atoms with Gasteiger partial charge in [0.2, 0.25) is 0 Å². The van der Waals surface area contributed by atoms with Crippen molar-refractivity contribution in [1.29, 1.82) is 0 Å². The summed E-state index contributed by atoms with van der Waals surface area (Å²) in [5, 5.41) is 5.91. The molecule has 0 heterocycles. The number of hydrogen-bond donors (Lipinski definition) is 8. The predicted molar refractivity (Wildman–Crippen MR) is 83.9 cm³/mol. The molecule has 0 rings (SSSR count). The fraction of sp³-hybridized carbons (Fsp3) is 1.00. The maximum absolute atomic E-state index is 10.7. The van der Waals surface area contributed by atoms with E-state index in [2.05, 4.69) is 6.92 Å². The van der Waals surface area contributed by atoms with E-state index >= 15 is 0 Å². The molecule has 0 aromatic heterocycles. The van der Waals surface area contributed by atoms with Crippen LogP contribution in [0, 0.1) is 0 Å². The summed E-state index contributed by atoms with van der Waals surface area (Å²) in [5.41, 5.74) is 15.9. The van der Waals surface area contributed by atoms with Gasteiger partial charge >= 0.3 is 15.2 Å². The fourth-order valence-electron chi connectivity index (χ4n) is 1.38. The van der Waals surface area contributed by atoms with Crippen molar-refractivity contribution in [2.45, 2.75) is 50.2 Å². The highest BCUT2D eigenvalue weighted by Crippen LogP contribution is 2.69. The van der Waals surface area contributed by atoms with Gasteiger partial charge in [0.05, 0.1) is 0 Å². The maximum Gasteiger partial charge on any atom is 0.369 e. The summed E-state index contributed by atoms with van der Waals surface area (Å²) in [7, 11) is -10.6. The van der Waals surface area contributed by atoms with Gasteiger partial charge in [-0.1, -0.05) is 6.92 Å². The van der Waals surface area contributed by atoms with Crippen molar-refractivity contribution in [2.75, 3.05) is 13.1 Å². The number of nitrogens with two attached hydrogens (primary N) is 3. The molecule has 0 aliphatic heterocycles. The van der Waals surface area contributed by atoms with Gasteiger partial charge in [-0.2, -0.15) is 0 Å². The monoisotopic (exact) mass is 365 g/mol. The summed E-state index contributed by atoms with van der Waals surface area (Å²) in [5.74, 6) is 0. The molecule has 1 atom stereocenters. The van der Waals surface area contributed by atoms with Crippen LogP contribution in [0.15, 0.2) is 0 Å². The molecule has 0 aromatic rings. The average Bonchev–Trinajstić information content (AvgIpc) is 2.40. The summed E-state index contributed by atoms with van der Waals surface area (Å²) in [6, 6.07) is 0.374. The highest BCUT2D eigenvalue weighted by Gasteiger charge is 2.58. The maximum atomic E-state index is 10.7. The zero-order valence-electron chi connectivity index (χ0n) is 12.7. The highest BCUT2D eigenvalue weighted by molar-refractivity contribution is 7.72. The van der Waals surface area contributed by atoms with Gasteiger partial charge in [-0.25, -0.2) is 0 Å². The lowest BCUT2D eigenvalue weighted by atomic mass is 10.1. The third-order valence-electron chi connectivity index (χ3n) is 2.95. The van der Waals surface area contributed by atoms with Crippen LogP contribution in [0.3, 0.4) is 0 Å².